The van der Waals surface area contributed by atoms with E-state index < -0.39 is 0 Å². The fraction of sp³-hybridized carbons (Fsp3) is 0.915. The van der Waals surface area contributed by atoms with Gasteiger partial charge in [-0.2, -0.15) is 0 Å². The SMILES string of the molecule is CCCCCCCCCCCCCCCCCCCc1cc(CCCCCCCCCCCCCCCCCCC)c[n+](CCCCCCCCCCCCCCCC)c1. The number of aromatic nitrogens is 1. The third kappa shape index (κ3) is 42.5. The second-order valence-electron chi connectivity index (χ2n) is 20.2. The molecule has 0 spiro atoms. The first kappa shape index (κ1) is 57.2. The number of pyridine rings is 1. The normalized spacial score (nSPS) is 11.7. The zero-order valence-corrected chi connectivity index (χ0v) is 42.2. The first-order chi connectivity index (χ1) is 29.8. The van der Waals surface area contributed by atoms with Crippen LogP contribution >= 0.6 is 0 Å². The molecule has 0 fully saturated rings. The molecule has 0 aliphatic heterocycles. The van der Waals surface area contributed by atoms with Crippen molar-refractivity contribution in [3.05, 3.63) is 29.6 Å². The van der Waals surface area contributed by atoms with Crippen LogP contribution in [0.5, 0.6) is 0 Å². The van der Waals surface area contributed by atoms with E-state index in [1.54, 1.807) is 11.1 Å². The highest BCUT2D eigenvalue weighted by atomic mass is 14.9. The average Bonchev–Trinajstić information content (AvgIpc) is 3.26. The number of aryl methyl sites for hydroxylation is 3. The lowest BCUT2D eigenvalue weighted by Crippen LogP contribution is -2.34. The van der Waals surface area contributed by atoms with Crippen molar-refractivity contribution in [1.29, 1.82) is 0 Å². The van der Waals surface area contributed by atoms with Crippen molar-refractivity contribution in [2.24, 2.45) is 0 Å². The van der Waals surface area contributed by atoms with Crippen molar-refractivity contribution in [1.82, 2.24) is 0 Å². The number of hydrogen-bond donors (Lipinski definition) is 0. The van der Waals surface area contributed by atoms with Crippen LogP contribution in [0.4, 0.5) is 0 Å². The van der Waals surface area contributed by atoms with E-state index in [-0.39, 0.29) is 0 Å². The Labute approximate surface area is 381 Å². The average molecular weight is 838 g/mol. The molecule has 0 unspecified atom stereocenters. The lowest BCUT2D eigenvalue weighted by Gasteiger charge is -2.08. The van der Waals surface area contributed by atoms with Crippen molar-refractivity contribution >= 4 is 0 Å². The summed E-state index contributed by atoms with van der Waals surface area (Å²) in [5.41, 5.74) is 3.23. The van der Waals surface area contributed by atoms with E-state index in [2.05, 4.69) is 43.8 Å². The minimum absolute atomic E-state index is 1.22. The van der Waals surface area contributed by atoms with Gasteiger partial charge in [0, 0.05) is 17.5 Å². The van der Waals surface area contributed by atoms with Gasteiger partial charge in [0.2, 0.25) is 0 Å². The summed E-state index contributed by atoms with van der Waals surface area (Å²) in [7, 11) is 0. The molecular formula is C59H114N+. The number of hydrogen-bond acceptors (Lipinski definition) is 0. The smallest absolute Gasteiger partial charge is 0.171 e. The molecule has 0 radical (unpaired) electrons. The third-order valence-electron chi connectivity index (χ3n) is 13.9. The zero-order chi connectivity index (χ0) is 42.9. The maximum atomic E-state index is 2.60. The van der Waals surface area contributed by atoms with E-state index in [0.717, 1.165) is 0 Å². The standard InChI is InChI=1S/C59H114N/c1-4-7-10-13-16-19-22-25-28-30-32-34-37-40-43-46-49-52-58-55-59(53-50-47-44-41-38-35-33-31-29-26-23-20-17-14-11-8-5-2)57-60(56-58)54-51-48-45-42-39-36-27-24-21-18-15-12-9-6-3/h55-57H,4-54H2,1-3H3/q+1. The van der Waals surface area contributed by atoms with Crippen molar-refractivity contribution in [3.8, 4) is 0 Å². The summed E-state index contributed by atoms with van der Waals surface area (Å²) in [6.07, 6.45) is 77.2. The quantitative estimate of drug-likeness (QED) is 0.0455. The summed E-state index contributed by atoms with van der Waals surface area (Å²) in [4.78, 5) is 0. The minimum atomic E-state index is 1.22. The molecule has 1 aromatic heterocycles. The summed E-state index contributed by atoms with van der Waals surface area (Å²) in [5.74, 6) is 0. The second-order valence-corrected chi connectivity index (χ2v) is 20.2. The second kappa shape index (κ2) is 49.2. The van der Waals surface area contributed by atoms with Crippen molar-refractivity contribution in [2.45, 2.75) is 348 Å². The zero-order valence-electron chi connectivity index (χ0n) is 42.2. The molecule has 0 saturated carbocycles. The van der Waals surface area contributed by atoms with Gasteiger partial charge in [-0.25, -0.2) is 4.57 Å². The van der Waals surface area contributed by atoms with Crippen LogP contribution in [-0.4, -0.2) is 0 Å². The van der Waals surface area contributed by atoms with E-state index in [1.165, 1.54) is 328 Å². The van der Waals surface area contributed by atoms with Gasteiger partial charge in [-0.1, -0.05) is 303 Å². The van der Waals surface area contributed by atoms with Crippen LogP contribution < -0.4 is 4.57 Å². The molecule has 354 valence electrons. The molecule has 60 heavy (non-hydrogen) atoms. The highest BCUT2D eigenvalue weighted by molar-refractivity contribution is 5.15. The minimum Gasteiger partial charge on any atom is -0.205 e. The predicted octanol–water partition coefficient (Wildman–Crippen LogP) is 20.8. The molecule has 1 nitrogen and oxygen atoms in total. The largest absolute Gasteiger partial charge is 0.205 e. The van der Waals surface area contributed by atoms with E-state index >= 15 is 0 Å². The van der Waals surface area contributed by atoms with Gasteiger partial charge < -0.3 is 0 Å². The molecule has 0 aliphatic carbocycles. The van der Waals surface area contributed by atoms with Crippen LogP contribution in [0.3, 0.4) is 0 Å². The van der Waals surface area contributed by atoms with Gasteiger partial charge in [0.15, 0.2) is 12.4 Å². The third-order valence-corrected chi connectivity index (χ3v) is 13.9. The van der Waals surface area contributed by atoms with Crippen LogP contribution in [0.15, 0.2) is 18.5 Å². The molecule has 1 heterocycles. The maximum Gasteiger partial charge on any atom is 0.171 e. The molecule has 1 rings (SSSR count). The first-order valence-electron chi connectivity index (χ1n) is 28.8. The van der Waals surface area contributed by atoms with Crippen LogP contribution in [0.1, 0.15) is 340 Å². The fourth-order valence-corrected chi connectivity index (χ4v) is 9.78. The van der Waals surface area contributed by atoms with Crippen molar-refractivity contribution in [3.63, 3.8) is 0 Å². The Bertz CT molecular complexity index is 879. The summed E-state index contributed by atoms with van der Waals surface area (Å²) in [6.45, 7) is 8.17. The van der Waals surface area contributed by atoms with Gasteiger partial charge in [-0.15, -0.1) is 0 Å². The number of nitrogens with zero attached hydrogens (tertiary/aromatic N) is 1. The Balaban J connectivity index is 2.26. The summed E-state index contributed by atoms with van der Waals surface area (Å²) >= 11 is 0. The van der Waals surface area contributed by atoms with Crippen LogP contribution in [-0.2, 0) is 19.4 Å². The highest BCUT2D eigenvalue weighted by Crippen LogP contribution is 2.18. The monoisotopic (exact) mass is 837 g/mol. The predicted molar refractivity (Wildman–Crippen MR) is 273 cm³/mol. The van der Waals surface area contributed by atoms with Gasteiger partial charge in [0.1, 0.15) is 6.54 Å². The van der Waals surface area contributed by atoms with Crippen LogP contribution in [0.2, 0.25) is 0 Å². The van der Waals surface area contributed by atoms with Gasteiger partial charge in [0.25, 0.3) is 0 Å². The first-order valence-corrected chi connectivity index (χ1v) is 28.8. The van der Waals surface area contributed by atoms with Gasteiger partial charge in [-0.05, 0) is 38.2 Å². The Morgan fingerprint density at radius 1 is 0.233 bits per heavy atom. The molecule has 0 N–H and O–H groups in total. The molecule has 0 amide bonds. The Hall–Kier alpha value is -0.850. The molecule has 0 aromatic carbocycles. The van der Waals surface area contributed by atoms with E-state index in [1.807, 2.05) is 0 Å². The maximum absolute atomic E-state index is 2.60. The molecule has 1 heteroatoms. The molecule has 0 saturated heterocycles. The number of rotatable bonds is 51. The van der Waals surface area contributed by atoms with E-state index in [9.17, 15) is 0 Å². The van der Waals surface area contributed by atoms with Gasteiger partial charge >= 0.3 is 0 Å². The highest BCUT2D eigenvalue weighted by Gasteiger charge is 2.09. The lowest BCUT2D eigenvalue weighted by molar-refractivity contribution is -0.698. The molecule has 1 aromatic rings. The van der Waals surface area contributed by atoms with Gasteiger partial charge in [-0.3, -0.25) is 0 Å². The summed E-state index contributed by atoms with van der Waals surface area (Å²) in [5, 5.41) is 0. The fourth-order valence-electron chi connectivity index (χ4n) is 9.78. The van der Waals surface area contributed by atoms with Crippen LogP contribution in [0, 0.1) is 0 Å². The van der Waals surface area contributed by atoms with Crippen molar-refractivity contribution < 1.29 is 4.57 Å². The molecule has 0 atom stereocenters. The molecule has 0 aliphatic rings. The van der Waals surface area contributed by atoms with Crippen molar-refractivity contribution in [2.75, 3.05) is 0 Å². The Morgan fingerprint density at radius 2 is 0.417 bits per heavy atom. The molecular weight excluding hydrogens is 723 g/mol. The van der Waals surface area contributed by atoms with E-state index in [0.29, 0.717) is 0 Å². The topological polar surface area (TPSA) is 3.88 Å². The Kier molecular flexibility index (Phi) is 46.8. The van der Waals surface area contributed by atoms with Crippen LogP contribution in [0.25, 0.3) is 0 Å². The van der Waals surface area contributed by atoms with Gasteiger partial charge in [0.05, 0.1) is 0 Å². The lowest BCUT2D eigenvalue weighted by atomic mass is 10.0. The molecule has 0 bridgehead atoms. The summed E-state index contributed by atoms with van der Waals surface area (Å²) < 4.78 is 2.60. The van der Waals surface area contributed by atoms with E-state index in [4.69, 9.17) is 0 Å². The summed E-state index contributed by atoms with van der Waals surface area (Å²) in [6, 6.07) is 2.60. The Morgan fingerprint density at radius 3 is 0.633 bits per heavy atom. The number of unbranched alkanes of at least 4 members (excludes halogenated alkanes) is 45.